The van der Waals surface area contributed by atoms with Crippen LogP contribution in [0.5, 0.6) is 0 Å². The maximum absolute atomic E-state index is 5.51. The highest BCUT2D eigenvalue weighted by Crippen LogP contribution is 2.26. The Labute approximate surface area is 100 Å². The van der Waals surface area contributed by atoms with Gasteiger partial charge in [-0.2, -0.15) is 0 Å². The summed E-state index contributed by atoms with van der Waals surface area (Å²) in [7, 11) is 0. The van der Waals surface area contributed by atoms with Crippen molar-refractivity contribution in [3.05, 3.63) is 39.0 Å². The van der Waals surface area contributed by atoms with Crippen molar-refractivity contribution in [2.45, 2.75) is 12.5 Å². The van der Waals surface area contributed by atoms with Gasteiger partial charge in [-0.3, -0.25) is 5.84 Å². The zero-order chi connectivity index (χ0) is 10.7. The molecule has 0 aromatic carbocycles. The fraction of sp³-hybridized carbons (Fsp3) is 0.222. The molecule has 2 heterocycles. The first-order chi connectivity index (χ1) is 7.31. The molecule has 2 aromatic rings. The molecule has 0 aliphatic heterocycles. The Balaban J connectivity index is 2.13. The van der Waals surface area contributed by atoms with Gasteiger partial charge in [0.25, 0.3) is 0 Å². The number of hydrogen-bond acceptors (Lipinski definition) is 4. The highest BCUT2D eigenvalue weighted by Gasteiger charge is 2.14. The topological polar surface area (TPSA) is 66.7 Å². The van der Waals surface area contributed by atoms with Crippen molar-refractivity contribution in [1.82, 2.24) is 15.4 Å². The molecule has 0 amide bonds. The number of rotatable bonds is 4. The van der Waals surface area contributed by atoms with Gasteiger partial charge in [0.15, 0.2) is 0 Å². The maximum atomic E-state index is 5.51. The Morgan fingerprint density at radius 2 is 2.53 bits per heavy atom. The first kappa shape index (κ1) is 10.8. The van der Waals surface area contributed by atoms with Crippen LogP contribution in [-0.2, 0) is 6.42 Å². The van der Waals surface area contributed by atoms with Gasteiger partial charge in [0, 0.05) is 28.2 Å². The van der Waals surface area contributed by atoms with Gasteiger partial charge in [-0.05, 0) is 27.4 Å². The molecule has 0 fully saturated rings. The molecule has 0 aliphatic rings. The van der Waals surface area contributed by atoms with Crippen molar-refractivity contribution in [2.75, 3.05) is 0 Å². The van der Waals surface area contributed by atoms with Crippen molar-refractivity contribution in [3.8, 4) is 0 Å². The number of thiophene rings is 1. The second-order valence-corrected chi connectivity index (χ2v) is 4.94. The van der Waals surface area contributed by atoms with Gasteiger partial charge in [0.2, 0.25) is 0 Å². The lowest BCUT2D eigenvalue weighted by molar-refractivity contribution is 0.530. The molecule has 1 atom stereocenters. The number of hydrazine groups is 1. The van der Waals surface area contributed by atoms with Crippen LogP contribution in [0.3, 0.4) is 0 Å². The molecule has 4 nitrogen and oxygen atoms in total. The normalized spacial score (nSPS) is 12.9. The molecule has 0 radical (unpaired) electrons. The maximum Gasteiger partial charge on any atom is 0.124 e. The smallest absolute Gasteiger partial charge is 0.124 e. The molecule has 0 saturated carbocycles. The van der Waals surface area contributed by atoms with Gasteiger partial charge in [-0.1, -0.05) is 0 Å². The Kier molecular flexibility index (Phi) is 3.53. The molecule has 15 heavy (non-hydrogen) atoms. The number of H-pyrrole nitrogens is 1. The fourth-order valence-electron chi connectivity index (χ4n) is 1.36. The summed E-state index contributed by atoms with van der Waals surface area (Å²) in [6.07, 6.45) is 4.34. The molecule has 0 aliphatic carbocycles. The van der Waals surface area contributed by atoms with E-state index in [1.807, 2.05) is 6.07 Å². The SMILES string of the molecule is NNC(Cc1sccc1Br)c1ncc[nH]1. The van der Waals surface area contributed by atoms with Gasteiger partial charge < -0.3 is 4.98 Å². The average molecular weight is 287 g/mol. The summed E-state index contributed by atoms with van der Waals surface area (Å²) in [6.45, 7) is 0. The fourth-order valence-corrected chi connectivity index (χ4v) is 2.92. The number of nitrogens with zero attached hydrogens (tertiary/aromatic N) is 1. The second-order valence-electron chi connectivity index (χ2n) is 3.09. The number of hydrogen-bond donors (Lipinski definition) is 3. The molecule has 2 aromatic heterocycles. The third-order valence-corrected chi connectivity index (χ3v) is 4.08. The molecule has 0 spiro atoms. The van der Waals surface area contributed by atoms with Gasteiger partial charge >= 0.3 is 0 Å². The highest BCUT2D eigenvalue weighted by molar-refractivity contribution is 9.10. The van der Waals surface area contributed by atoms with Crippen LogP contribution in [0.1, 0.15) is 16.7 Å². The van der Waals surface area contributed by atoms with Crippen LogP contribution in [0.15, 0.2) is 28.3 Å². The number of nitrogens with two attached hydrogens (primary N) is 1. The lowest BCUT2D eigenvalue weighted by atomic mass is 10.2. The monoisotopic (exact) mass is 286 g/mol. The van der Waals surface area contributed by atoms with E-state index in [1.54, 1.807) is 23.7 Å². The molecule has 0 saturated heterocycles. The van der Waals surface area contributed by atoms with E-state index in [2.05, 4.69) is 36.7 Å². The van der Waals surface area contributed by atoms with E-state index < -0.39 is 0 Å². The summed E-state index contributed by atoms with van der Waals surface area (Å²) in [5.74, 6) is 6.37. The third kappa shape index (κ3) is 2.46. The lowest BCUT2D eigenvalue weighted by Gasteiger charge is -2.12. The van der Waals surface area contributed by atoms with Crippen molar-refractivity contribution < 1.29 is 0 Å². The quantitative estimate of drug-likeness (QED) is 0.595. The van der Waals surface area contributed by atoms with Crippen molar-refractivity contribution in [3.63, 3.8) is 0 Å². The van der Waals surface area contributed by atoms with Crippen molar-refractivity contribution in [1.29, 1.82) is 0 Å². The zero-order valence-electron chi connectivity index (χ0n) is 7.90. The molecular formula is C9H11BrN4S. The summed E-state index contributed by atoms with van der Waals surface area (Å²) in [4.78, 5) is 8.50. The van der Waals surface area contributed by atoms with E-state index >= 15 is 0 Å². The lowest BCUT2D eigenvalue weighted by Crippen LogP contribution is -2.30. The summed E-state index contributed by atoms with van der Waals surface area (Å²) < 4.78 is 1.12. The Hall–Kier alpha value is -0.690. The highest BCUT2D eigenvalue weighted by atomic mass is 79.9. The minimum absolute atomic E-state index is 0.0231. The van der Waals surface area contributed by atoms with Gasteiger partial charge in [0.05, 0.1) is 6.04 Å². The Bertz CT molecular complexity index is 411. The van der Waals surface area contributed by atoms with Crippen molar-refractivity contribution in [2.24, 2.45) is 5.84 Å². The number of imidazole rings is 1. The number of nitrogens with one attached hydrogen (secondary N) is 2. The van der Waals surface area contributed by atoms with Crippen LogP contribution in [0.2, 0.25) is 0 Å². The predicted octanol–water partition coefficient (Wildman–Crippen LogP) is 1.98. The zero-order valence-corrected chi connectivity index (χ0v) is 10.3. The Morgan fingerprint density at radius 1 is 1.67 bits per heavy atom. The summed E-state index contributed by atoms with van der Waals surface area (Å²) >= 11 is 5.20. The van der Waals surface area contributed by atoms with E-state index in [-0.39, 0.29) is 6.04 Å². The van der Waals surface area contributed by atoms with Crippen LogP contribution in [0.25, 0.3) is 0 Å². The minimum atomic E-state index is 0.0231. The molecule has 4 N–H and O–H groups in total. The summed E-state index contributed by atoms with van der Waals surface area (Å²) in [5, 5.41) is 2.05. The van der Waals surface area contributed by atoms with Crippen LogP contribution in [0.4, 0.5) is 0 Å². The number of aromatic nitrogens is 2. The first-order valence-electron chi connectivity index (χ1n) is 4.48. The predicted molar refractivity (Wildman–Crippen MR) is 64.4 cm³/mol. The van der Waals surface area contributed by atoms with Gasteiger partial charge in [0.1, 0.15) is 5.82 Å². The average Bonchev–Trinajstić information content (AvgIpc) is 2.86. The minimum Gasteiger partial charge on any atom is -0.347 e. The largest absolute Gasteiger partial charge is 0.347 e. The van der Waals surface area contributed by atoms with E-state index in [0.717, 1.165) is 16.7 Å². The molecule has 1 unspecified atom stereocenters. The standard InChI is InChI=1S/C9H11BrN4S/c10-6-1-4-15-8(6)5-7(14-11)9-12-2-3-13-9/h1-4,7,14H,5,11H2,(H,12,13). The number of aromatic amines is 1. The van der Waals surface area contributed by atoms with Gasteiger partial charge in [-0.25, -0.2) is 10.4 Å². The van der Waals surface area contributed by atoms with E-state index in [1.165, 1.54) is 4.88 Å². The Morgan fingerprint density at radius 3 is 3.07 bits per heavy atom. The van der Waals surface area contributed by atoms with Gasteiger partial charge in [-0.15, -0.1) is 11.3 Å². The van der Waals surface area contributed by atoms with E-state index in [4.69, 9.17) is 5.84 Å². The second kappa shape index (κ2) is 4.89. The van der Waals surface area contributed by atoms with E-state index in [9.17, 15) is 0 Å². The van der Waals surface area contributed by atoms with Crippen LogP contribution < -0.4 is 11.3 Å². The van der Waals surface area contributed by atoms with Crippen LogP contribution in [0, 0.1) is 0 Å². The van der Waals surface area contributed by atoms with Crippen LogP contribution in [-0.4, -0.2) is 9.97 Å². The molecule has 2 rings (SSSR count). The molecule has 0 bridgehead atoms. The first-order valence-corrected chi connectivity index (χ1v) is 6.16. The molecule has 80 valence electrons. The van der Waals surface area contributed by atoms with E-state index in [0.29, 0.717) is 0 Å². The number of halogens is 1. The summed E-state index contributed by atoms with van der Waals surface area (Å²) in [5.41, 5.74) is 2.76. The van der Waals surface area contributed by atoms with Crippen molar-refractivity contribution >= 4 is 27.3 Å². The molecular weight excluding hydrogens is 276 g/mol. The third-order valence-electron chi connectivity index (χ3n) is 2.13. The summed E-state index contributed by atoms with van der Waals surface area (Å²) in [6, 6.07) is 2.06. The van der Waals surface area contributed by atoms with Crippen LogP contribution >= 0.6 is 27.3 Å². The molecule has 6 heteroatoms.